The molecule has 0 radical (unpaired) electrons. The van der Waals surface area contributed by atoms with E-state index < -0.39 is 5.60 Å². The molecule has 752 valence electrons. The zero-order valence-corrected chi connectivity index (χ0v) is 87.7. The summed E-state index contributed by atoms with van der Waals surface area (Å²) < 4.78 is 36.8. The number of amides is 4. The Morgan fingerprint density at radius 1 is 0.367 bits per heavy atom. The summed E-state index contributed by atoms with van der Waals surface area (Å²) in [6, 6.07) is 46.9. The molecule has 8 N–H and O–H groups in total. The second-order valence-corrected chi connectivity index (χ2v) is 40.0. The molecule has 31 heteroatoms. The number of carbonyl (C=O) groups is 5. The topological polar surface area (TPSA) is 365 Å². The molecule has 0 aliphatic carbocycles. The number of benzene rings is 8. The van der Waals surface area contributed by atoms with Gasteiger partial charge in [-0.3, -0.25) is 34.0 Å². The van der Waals surface area contributed by atoms with Gasteiger partial charge in [-0.2, -0.15) is 9.59 Å². The predicted octanol–water partition coefficient (Wildman–Crippen LogP) is 12.8. The second kappa shape index (κ2) is 52.6. The number of aliphatic hydroxyl groups is 1. The van der Waals surface area contributed by atoms with Crippen molar-refractivity contribution in [3.63, 3.8) is 0 Å². The number of nitrogens with one attached hydrogen (secondary N) is 2. The Kier molecular flexibility index (Phi) is 43.6. The number of methoxy groups -OCH3 is 4. The normalized spacial score (nSPS) is 15.3. The summed E-state index contributed by atoms with van der Waals surface area (Å²) in [5, 5.41) is 52.7. The van der Waals surface area contributed by atoms with Gasteiger partial charge in [0.1, 0.15) is 17.0 Å². The number of hydrogen-bond donors (Lipinski definition) is 7. The van der Waals surface area contributed by atoms with Gasteiger partial charge in [-0.1, -0.05) is 78.9 Å². The molecule has 30 nitrogen and oxygen atoms in total. The summed E-state index contributed by atoms with van der Waals surface area (Å²) in [4.78, 5) is 94.7. The first-order valence-corrected chi connectivity index (χ1v) is 47.4. The first-order chi connectivity index (χ1) is 65.0. The van der Waals surface area contributed by atoms with Crippen LogP contribution >= 0.6 is 0 Å². The van der Waals surface area contributed by atoms with Crippen molar-refractivity contribution in [3.05, 3.63) is 229 Å². The maximum atomic E-state index is 13.6. The van der Waals surface area contributed by atoms with Crippen LogP contribution in [0.25, 0.3) is 0 Å². The average Bonchev–Trinajstić information content (AvgIpc) is 1.59. The van der Waals surface area contributed by atoms with Crippen LogP contribution in [0, 0.1) is 6.92 Å². The van der Waals surface area contributed by atoms with Crippen molar-refractivity contribution in [1.82, 2.24) is 49.8 Å². The largest absolute Gasteiger partial charge is 1.00 e. The standard InChI is InChI=1S/C30H41N3O5.C25H33N3O3.C21H25NO4.C21H27NO2.C9H18N2O2.CO2.CH4O.Na.H2O/c1-29(2,3)38-28(36)32-16-14-31(15-17-32)27(35)23-9-7-8-22-19-33(20-24(22)23)30(4,5)13-12-21-10-11-25(34)26(18-21)37-6;1-25(2,10-9-18-7-8-22(29)23(15-18)31-3)28-16-19-5-4-6-20(21(19)17-28)24(30)27-13-11-26-12-14-27;1-21(2,10-9-15-7-8-18(24)20(11-15)25-3)22-12-16-5-4-6-19(26-14-23)17(16)13-22;1-15-6-5-7-17-13-22(14-18(15)17)21(2,3)11-10-16-8-9-19(23)20(12-16)24-4;1-9(2,3)13-8(12)11-6-4-10-5-7-11;2-1-3;1-2;;/h7-11,18,34H,12-17,19-20H2,1-6H3;4-8,15,26,29H,9-14,16-17H2,1-3H3;4-8,11,14,24H,9-10,12-13H2,1-3H3;5-9,12,23H,10-11,13-14H2,1-4H3;10H,4-7H2,1-3H3;;2H,1H3;;1H2/q;;;;;;;+1;/p-1. The maximum absolute atomic E-state index is 13.6. The van der Waals surface area contributed by atoms with Gasteiger partial charge in [0.15, 0.2) is 46.0 Å². The van der Waals surface area contributed by atoms with E-state index in [9.17, 15) is 44.4 Å². The van der Waals surface area contributed by atoms with Crippen LogP contribution in [0.4, 0.5) is 9.59 Å². The van der Waals surface area contributed by atoms with Crippen LogP contribution in [0.3, 0.4) is 0 Å². The first kappa shape index (κ1) is 115. The molecule has 7 aliphatic heterocycles. The molecule has 7 aliphatic rings. The summed E-state index contributed by atoms with van der Waals surface area (Å²) >= 11 is 0. The Balaban J connectivity index is 0.000000239. The van der Waals surface area contributed by atoms with Crippen LogP contribution in [0.15, 0.2) is 146 Å². The number of hydrogen-bond acceptors (Lipinski definition) is 26. The molecule has 0 aromatic heterocycles. The number of aryl methyl sites for hydroxylation is 5. The third-order valence-electron chi connectivity index (χ3n) is 26.7. The van der Waals surface area contributed by atoms with Gasteiger partial charge < -0.3 is 94.4 Å². The minimum Gasteiger partial charge on any atom is -0.870 e. The fourth-order valence-corrected chi connectivity index (χ4v) is 17.8. The van der Waals surface area contributed by atoms with Crippen molar-refractivity contribution in [2.24, 2.45) is 0 Å². The molecule has 139 heavy (non-hydrogen) atoms. The van der Waals surface area contributed by atoms with E-state index in [1.54, 1.807) is 62.5 Å². The Morgan fingerprint density at radius 3 is 0.942 bits per heavy atom. The quantitative estimate of drug-likeness (QED) is 0.0218. The smallest absolute Gasteiger partial charge is 0.870 e. The number of phenolic OH excluding ortho intramolecular Hbond substituents is 4. The van der Waals surface area contributed by atoms with Gasteiger partial charge in [-0.25, -0.2) is 9.59 Å². The van der Waals surface area contributed by atoms with Crippen LogP contribution in [0.2, 0.25) is 0 Å². The Morgan fingerprint density at radius 2 is 0.633 bits per heavy atom. The molecule has 0 unspecified atom stereocenters. The third kappa shape index (κ3) is 32.4. The number of nitrogens with zero attached hydrogens (tertiary/aromatic N) is 8. The maximum Gasteiger partial charge on any atom is 1.00 e. The van der Waals surface area contributed by atoms with E-state index in [1.807, 2.05) is 136 Å². The molecule has 8 aromatic rings. The molecule has 0 atom stereocenters. The summed E-state index contributed by atoms with van der Waals surface area (Å²) in [7, 11) is 7.28. The number of carbonyl (C=O) groups excluding carboxylic acids is 7. The SMILES string of the molecule is CC(C)(C)OC(=O)N1CCNCC1.CO.COc1cc(CCC(C)(C)N2Cc3cccc(C(=O)N4CCN(C(=O)OC(C)(C)C)CC4)c3C2)ccc1O.COc1cc(CCC(C)(C)N2Cc3cccc(C(=O)N4CCNCC4)c3C2)ccc1O.COc1cc(CCC(C)(C)N2Cc3cccc(C)c3C2)ccc1O.COc1cc(CCC(C)(C)N2Cc3cccc(OC=O)c3C2)ccc1O.O=C=O.[Na+].[OH-]. The first-order valence-electron chi connectivity index (χ1n) is 47.4. The number of ether oxygens (including phenoxy) is 7. The van der Waals surface area contributed by atoms with Crippen molar-refractivity contribution >= 4 is 36.6 Å². The van der Waals surface area contributed by atoms with Crippen molar-refractivity contribution in [2.45, 2.75) is 241 Å². The van der Waals surface area contributed by atoms with E-state index in [0.29, 0.717) is 61.4 Å². The molecule has 15 rings (SSSR count). The van der Waals surface area contributed by atoms with Gasteiger partial charge in [-0.05, 0) is 289 Å². The van der Waals surface area contributed by atoms with E-state index in [-0.39, 0.29) is 116 Å². The molecule has 7 heterocycles. The zero-order valence-electron chi connectivity index (χ0n) is 85.7. The summed E-state index contributed by atoms with van der Waals surface area (Å²) in [6.07, 6.45) is 7.23. The fraction of sp³-hybridized carbons (Fsp3) is 0.500. The van der Waals surface area contributed by atoms with Crippen molar-refractivity contribution < 1.29 is 127 Å². The fourth-order valence-electron chi connectivity index (χ4n) is 17.8. The van der Waals surface area contributed by atoms with E-state index in [2.05, 4.69) is 129 Å². The van der Waals surface area contributed by atoms with Gasteiger partial charge in [-0.15, -0.1) is 0 Å². The van der Waals surface area contributed by atoms with Crippen molar-refractivity contribution in [1.29, 1.82) is 0 Å². The minimum absolute atomic E-state index is 0. The molecule has 0 spiro atoms. The van der Waals surface area contributed by atoms with Crippen LogP contribution in [-0.2, 0) is 102 Å². The van der Waals surface area contributed by atoms with E-state index in [0.717, 1.165) is 202 Å². The molecule has 0 saturated carbocycles. The van der Waals surface area contributed by atoms with Gasteiger partial charge >= 0.3 is 47.9 Å². The number of aromatic hydroxyl groups is 4. The summed E-state index contributed by atoms with van der Waals surface area (Å²) in [5.74, 6) is 3.58. The molecule has 8 aromatic carbocycles. The molecule has 3 fully saturated rings. The van der Waals surface area contributed by atoms with Crippen molar-refractivity contribution in [3.8, 4) is 51.7 Å². The minimum atomic E-state index is -0.537. The molecule has 0 bridgehead atoms. The molecule has 4 amide bonds. The second-order valence-electron chi connectivity index (χ2n) is 40.0. The van der Waals surface area contributed by atoms with Crippen LogP contribution < -0.4 is 63.9 Å². The number of piperazine rings is 3. The van der Waals surface area contributed by atoms with Crippen LogP contribution in [0.5, 0.6) is 51.7 Å². The van der Waals surface area contributed by atoms with E-state index >= 15 is 0 Å². The Bertz CT molecular complexity index is 5400. The summed E-state index contributed by atoms with van der Waals surface area (Å²) in [5.41, 5.74) is 16.7. The molecular weight excluding hydrogens is 1780 g/mol. The zero-order chi connectivity index (χ0) is 100. The van der Waals surface area contributed by atoms with Crippen molar-refractivity contribution in [2.75, 3.05) is 114 Å². The average molecular weight is 1930 g/mol. The van der Waals surface area contributed by atoms with Crippen LogP contribution in [0.1, 0.15) is 216 Å². The molecular formula is C108H149N10NaO20. The number of fused-ring (bicyclic) bond motifs is 4. The third-order valence-corrected chi connectivity index (χ3v) is 26.7. The summed E-state index contributed by atoms with van der Waals surface area (Å²) in [6.45, 7) is 47.3. The van der Waals surface area contributed by atoms with Gasteiger partial charge in [0, 0.05) is 177 Å². The monoisotopic (exact) mass is 1930 g/mol. The van der Waals surface area contributed by atoms with E-state index in [4.69, 9.17) is 47.9 Å². The van der Waals surface area contributed by atoms with Gasteiger partial charge in [0.2, 0.25) is 0 Å². The van der Waals surface area contributed by atoms with E-state index in [1.165, 1.54) is 44.5 Å². The van der Waals surface area contributed by atoms with Crippen LogP contribution in [-0.4, -0.2) is 254 Å². The van der Waals surface area contributed by atoms with Gasteiger partial charge in [0.25, 0.3) is 18.3 Å². The molecule has 3 saturated heterocycles. The predicted molar refractivity (Wildman–Crippen MR) is 531 cm³/mol. The van der Waals surface area contributed by atoms with Gasteiger partial charge in [0.05, 0.1) is 28.4 Å². The number of phenols is 4. The Labute approximate surface area is 844 Å². The number of rotatable bonds is 24. The number of aliphatic hydroxyl groups excluding tert-OH is 1. The Hall–Kier alpha value is -10.8.